The maximum Gasteiger partial charge on any atom is 0.224 e. The maximum atomic E-state index is 13.7. The molecular weight excluding hydrogens is 286 g/mol. The van der Waals surface area contributed by atoms with Gasteiger partial charge in [-0.05, 0) is 24.6 Å². The van der Waals surface area contributed by atoms with Gasteiger partial charge in [-0.3, -0.25) is 0 Å². The largest absolute Gasteiger partial charge is 0.354 e. The SMILES string of the molecule is CCCNc1ncc(F)c(Nc2ccc(F)cc2Cl)n1. The molecule has 1 aromatic heterocycles. The molecule has 0 saturated carbocycles. The Kier molecular flexibility index (Phi) is 4.68. The topological polar surface area (TPSA) is 49.8 Å². The van der Waals surface area contributed by atoms with Gasteiger partial charge in [0, 0.05) is 6.54 Å². The Morgan fingerprint density at radius 1 is 1.30 bits per heavy atom. The van der Waals surface area contributed by atoms with E-state index < -0.39 is 11.6 Å². The molecule has 0 unspecified atom stereocenters. The van der Waals surface area contributed by atoms with E-state index in [-0.39, 0.29) is 10.8 Å². The molecule has 4 nitrogen and oxygen atoms in total. The quantitative estimate of drug-likeness (QED) is 0.877. The van der Waals surface area contributed by atoms with Crippen molar-refractivity contribution >= 4 is 29.1 Å². The minimum absolute atomic E-state index is 0.0212. The molecule has 0 amide bonds. The summed E-state index contributed by atoms with van der Waals surface area (Å²) >= 11 is 5.87. The minimum Gasteiger partial charge on any atom is -0.354 e. The zero-order chi connectivity index (χ0) is 14.5. The van der Waals surface area contributed by atoms with Crippen molar-refractivity contribution in [2.75, 3.05) is 17.2 Å². The zero-order valence-corrected chi connectivity index (χ0v) is 11.5. The number of rotatable bonds is 5. The third kappa shape index (κ3) is 3.54. The van der Waals surface area contributed by atoms with Crippen LogP contribution < -0.4 is 10.6 Å². The van der Waals surface area contributed by atoms with Crippen molar-refractivity contribution in [1.82, 2.24) is 9.97 Å². The van der Waals surface area contributed by atoms with Gasteiger partial charge in [-0.2, -0.15) is 4.98 Å². The van der Waals surface area contributed by atoms with Gasteiger partial charge >= 0.3 is 0 Å². The molecule has 0 spiro atoms. The van der Waals surface area contributed by atoms with E-state index in [1.54, 1.807) is 0 Å². The highest BCUT2D eigenvalue weighted by Crippen LogP contribution is 2.26. The molecule has 1 aromatic carbocycles. The van der Waals surface area contributed by atoms with Gasteiger partial charge in [-0.25, -0.2) is 13.8 Å². The van der Waals surface area contributed by atoms with Gasteiger partial charge in [-0.1, -0.05) is 18.5 Å². The van der Waals surface area contributed by atoms with Crippen LogP contribution in [0.1, 0.15) is 13.3 Å². The fourth-order valence-corrected chi connectivity index (χ4v) is 1.71. The Morgan fingerprint density at radius 2 is 2.10 bits per heavy atom. The zero-order valence-electron chi connectivity index (χ0n) is 10.8. The molecule has 0 saturated heterocycles. The molecule has 0 fully saturated rings. The van der Waals surface area contributed by atoms with Gasteiger partial charge in [0.15, 0.2) is 11.6 Å². The van der Waals surface area contributed by atoms with Crippen LogP contribution in [0, 0.1) is 11.6 Å². The van der Waals surface area contributed by atoms with Gasteiger partial charge in [0.25, 0.3) is 0 Å². The Morgan fingerprint density at radius 3 is 2.80 bits per heavy atom. The van der Waals surface area contributed by atoms with Gasteiger partial charge in [0.1, 0.15) is 5.82 Å². The first kappa shape index (κ1) is 14.5. The summed E-state index contributed by atoms with van der Waals surface area (Å²) in [7, 11) is 0. The molecule has 0 aliphatic carbocycles. The highest BCUT2D eigenvalue weighted by atomic mass is 35.5. The number of hydrogen-bond acceptors (Lipinski definition) is 4. The molecule has 0 aliphatic rings. The van der Waals surface area contributed by atoms with Crippen molar-refractivity contribution in [2.24, 2.45) is 0 Å². The standard InChI is InChI=1S/C13H13ClF2N4/c1-2-5-17-13-18-7-10(16)12(20-13)19-11-4-3-8(15)6-9(11)14/h3-4,6-7H,2,5H2,1H3,(H2,17,18,19,20). The monoisotopic (exact) mass is 298 g/mol. The van der Waals surface area contributed by atoms with Crippen LogP contribution in [0.4, 0.5) is 26.2 Å². The van der Waals surface area contributed by atoms with Gasteiger partial charge in [0.2, 0.25) is 5.95 Å². The van der Waals surface area contributed by atoms with Crippen LogP contribution in [0.15, 0.2) is 24.4 Å². The normalized spacial score (nSPS) is 10.4. The molecule has 20 heavy (non-hydrogen) atoms. The number of anilines is 3. The number of nitrogens with one attached hydrogen (secondary N) is 2. The predicted molar refractivity (Wildman–Crippen MR) is 75.5 cm³/mol. The van der Waals surface area contributed by atoms with Crippen LogP contribution in [0.5, 0.6) is 0 Å². The molecule has 2 aromatic rings. The maximum absolute atomic E-state index is 13.7. The first-order valence-electron chi connectivity index (χ1n) is 6.08. The van der Waals surface area contributed by atoms with E-state index in [1.165, 1.54) is 12.1 Å². The van der Waals surface area contributed by atoms with Crippen molar-refractivity contribution in [2.45, 2.75) is 13.3 Å². The van der Waals surface area contributed by atoms with E-state index in [4.69, 9.17) is 11.6 Å². The molecular formula is C13H13ClF2N4. The molecule has 7 heteroatoms. The summed E-state index contributed by atoms with van der Waals surface area (Å²) < 4.78 is 26.6. The predicted octanol–water partition coefficient (Wildman–Crippen LogP) is 3.97. The number of nitrogens with zero attached hydrogens (tertiary/aromatic N) is 2. The van der Waals surface area contributed by atoms with Crippen LogP contribution in [-0.4, -0.2) is 16.5 Å². The molecule has 106 valence electrons. The van der Waals surface area contributed by atoms with Crippen LogP contribution in [0.3, 0.4) is 0 Å². The second-order valence-electron chi connectivity index (χ2n) is 4.07. The highest BCUT2D eigenvalue weighted by molar-refractivity contribution is 6.33. The average molecular weight is 299 g/mol. The van der Waals surface area contributed by atoms with Crippen LogP contribution in [0.2, 0.25) is 5.02 Å². The number of aromatic nitrogens is 2. The van der Waals surface area contributed by atoms with Gasteiger partial charge in [0.05, 0.1) is 16.9 Å². The summed E-state index contributed by atoms with van der Waals surface area (Å²) in [6, 6.07) is 3.78. The van der Waals surface area contributed by atoms with E-state index in [1.807, 2.05) is 6.92 Å². The lowest BCUT2D eigenvalue weighted by molar-refractivity contribution is 0.619. The number of halogens is 3. The van der Waals surface area contributed by atoms with Crippen molar-refractivity contribution in [1.29, 1.82) is 0 Å². The molecule has 2 N–H and O–H groups in total. The molecule has 0 atom stereocenters. The third-order valence-electron chi connectivity index (χ3n) is 2.46. The summed E-state index contributed by atoms with van der Waals surface area (Å²) in [5.74, 6) is -0.789. The minimum atomic E-state index is -0.618. The van der Waals surface area contributed by atoms with E-state index in [2.05, 4.69) is 20.6 Å². The van der Waals surface area contributed by atoms with Crippen LogP contribution in [0.25, 0.3) is 0 Å². The third-order valence-corrected chi connectivity index (χ3v) is 2.77. The summed E-state index contributed by atoms with van der Waals surface area (Å²) in [4.78, 5) is 7.83. The fourth-order valence-electron chi connectivity index (χ4n) is 1.50. The van der Waals surface area contributed by atoms with Crippen molar-refractivity contribution < 1.29 is 8.78 Å². The summed E-state index contributed by atoms with van der Waals surface area (Å²) in [6.45, 7) is 2.68. The number of benzene rings is 1. The van der Waals surface area contributed by atoms with Crippen LogP contribution >= 0.6 is 11.6 Å². The second-order valence-corrected chi connectivity index (χ2v) is 4.47. The molecule has 1 heterocycles. The van der Waals surface area contributed by atoms with E-state index >= 15 is 0 Å². The smallest absolute Gasteiger partial charge is 0.224 e. The first-order chi connectivity index (χ1) is 9.60. The van der Waals surface area contributed by atoms with Crippen molar-refractivity contribution in [3.05, 3.63) is 41.1 Å². The summed E-state index contributed by atoms with van der Waals surface area (Å²) in [5, 5.41) is 5.81. The Bertz CT molecular complexity index is 607. The number of hydrogen-bond donors (Lipinski definition) is 2. The van der Waals surface area contributed by atoms with Gasteiger partial charge < -0.3 is 10.6 Å². The van der Waals surface area contributed by atoms with Gasteiger partial charge in [-0.15, -0.1) is 0 Å². The van der Waals surface area contributed by atoms with E-state index in [0.29, 0.717) is 18.2 Å². The Balaban J connectivity index is 2.23. The molecule has 0 radical (unpaired) electrons. The molecule has 0 aliphatic heterocycles. The lowest BCUT2D eigenvalue weighted by atomic mass is 10.3. The van der Waals surface area contributed by atoms with E-state index in [0.717, 1.165) is 18.7 Å². The summed E-state index contributed by atoms with van der Waals surface area (Å²) in [6.07, 6.45) is 1.96. The van der Waals surface area contributed by atoms with Crippen molar-refractivity contribution in [3.63, 3.8) is 0 Å². The lowest BCUT2D eigenvalue weighted by Crippen LogP contribution is -2.07. The molecule has 0 bridgehead atoms. The Hall–Kier alpha value is -1.95. The van der Waals surface area contributed by atoms with Crippen LogP contribution in [-0.2, 0) is 0 Å². The fraction of sp³-hybridized carbons (Fsp3) is 0.231. The van der Waals surface area contributed by atoms with Crippen molar-refractivity contribution in [3.8, 4) is 0 Å². The summed E-state index contributed by atoms with van der Waals surface area (Å²) in [5.41, 5.74) is 0.368. The Labute approximate surface area is 120 Å². The second kappa shape index (κ2) is 6.47. The molecule has 2 rings (SSSR count). The first-order valence-corrected chi connectivity index (χ1v) is 6.46. The lowest BCUT2D eigenvalue weighted by Gasteiger charge is -2.10. The highest BCUT2D eigenvalue weighted by Gasteiger charge is 2.09. The average Bonchev–Trinajstić information content (AvgIpc) is 2.42. The van der Waals surface area contributed by atoms with E-state index in [9.17, 15) is 8.78 Å².